The van der Waals surface area contributed by atoms with E-state index in [0.717, 1.165) is 11.1 Å². The Balaban J connectivity index is 1.26. The predicted octanol–water partition coefficient (Wildman–Crippen LogP) is 1.00. The van der Waals surface area contributed by atoms with Gasteiger partial charge >= 0.3 is 0 Å². The lowest BCUT2D eigenvalue weighted by Gasteiger charge is -2.39. The van der Waals surface area contributed by atoms with Gasteiger partial charge in [-0.2, -0.15) is 0 Å². The summed E-state index contributed by atoms with van der Waals surface area (Å²) in [6.07, 6.45) is 7.53. The minimum absolute atomic E-state index is 0.0476. The number of likely N-dealkylation sites (N-methyl/N-ethyl adjacent to an activating group) is 1. The summed E-state index contributed by atoms with van der Waals surface area (Å²) in [5.74, 6) is 5.14. The highest BCUT2D eigenvalue weighted by molar-refractivity contribution is 7.87. The Labute approximate surface area is 309 Å². The Morgan fingerprint density at radius 1 is 1.04 bits per heavy atom. The molecule has 278 valence electrons. The number of amides is 3. The van der Waals surface area contributed by atoms with Crippen molar-refractivity contribution in [1.82, 2.24) is 20.0 Å². The summed E-state index contributed by atoms with van der Waals surface area (Å²) in [6.45, 7) is 5.93. The summed E-state index contributed by atoms with van der Waals surface area (Å²) in [4.78, 5) is 43.5. The van der Waals surface area contributed by atoms with Gasteiger partial charge < -0.3 is 39.9 Å². The van der Waals surface area contributed by atoms with Crippen LogP contribution in [0.4, 0.5) is 0 Å². The number of nitrogens with one attached hydrogen (secondary N) is 1. The molecule has 2 aliphatic heterocycles. The van der Waals surface area contributed by atoms with Gasteiger partial charge in [-0.05, 0) is 55.2 Å². The van der Waals surface area contributed by atoms with E-state index in [9.17, 15) is 29.7 Å². The maximum atomic E-state index is 13.3. The number of hydrogen-bond donors (Lipinski definition) is 4. The normalized spacial score (nSPS) is 21.9. The van der Waals surface area contributed by atoms with E-state index < -0.39 is 36.1 Å². The molecule has 2 aromatic rings. The van der Waals surface area contributed by atoms with E-state index in [-0.39, 0.29) is 43.8 Å². The van der Waals surface area contributed by atoms with Crippen molar-refractivity contribution < 1.29 is 39.2 Å². The van der Waals surface area contributed by atoms with Gasteiger partial charge in [-0.15, -0.1) is 24.0 Å². The number of aliphatic hydroxyl groups excluding tert-OH is 3. The molecule has 2 saturated heterocycles. The maximum Gasteiger partial charge on any atom is 0.247 e. The monoisotopic (exact) mass is 732 g/mol. The van der Waals surface area contributed by atoms with Crippen LogP contribution >= 0.6 is 11.2 Å². The zero-order valence-corrected chi connectivity index (χ0v) is 30.9. The van der Waals surface area contributed by atoms with Gasteiger partial charge in [0.05, 0.1) is 26.1 Å². The molecule has 0 spiro atoms. The molecule has 4 rings (SSSR count). The van der Waals surface area contributed by atoms with Crippen molar-refractivity contribution in [3.8, 4) is 35.6 Å². The average Bonchev–Trinajstić information content (AvgIpc) is 3.12. The molecule has 2 heterocycles. The van der Waals surface area contributed by atoms with Crippen molar-refractivity contribution >= 4 is 28.9 Å². The van der Waals surface area contributed by atoms with E-state index in [1.807, 2.05) is 23.1 Å². The molecule has 4 N–H and O–H groups in total. The predicted molar refractivity (Wildman–Crippen MR) is 198 cm³/mol. The molecule has 0 aromatic heterocycles. The summed E-state index contributed by atoms with van der Waals surface area (Å²) >= 11 is 1.23. The molecule has 12 nitrogen and oxygen atoms in total. The Hall–Kier alpha value is -4.43. The van der Waals surface area contributed by atoms with Crippen LogP contribution in [0.3, 0.4) is 0 Å². The Kier molecular flexibility index (Phi) is 14.2. The zero-order valence-electron chi connectivity index (χ0n) is 30.1. The van der Waals surface area contributed by atoms with E-state index in [1.165, 1.54) is 16.1 Å². The zero-order chi connectivity index (χ0) is 38.0. The fourth-order valence-corrected chi connectivity index (χ4v) is 6.56. The van der Waals surface area contributed by atoms with E-state index in [2.05, 4.69) is 22.3 Å². The molecule has 0 bridgehead atoms. The second kappa shape index (κ2) is 18.4. The van der Waals surface area contributed by atoms with Gasteiger partial charge in [0.25, 0.3) is 0 Å². The van der Waals surface area contributed by atoms with E-state index >= 15 is 0 Å². The van der Waals surface area contributed by atoms with Crippen molar-refractivity contribution in [3.63, 3.8) is 0 Å². The molecule has 0 aliphatic carbocycles. The van der Waals surface area contributed by atoms with Crippen LogP contribution in [-0.4, -0.2) is 137 Å². The van der Waals surface area contributed by atoms with Crippen LogP contribution in [0.1, 0.15) is 48.6 Å². The van der Waals surface area contributed by atoms with Gasteiger partial charge in [-0.1, -0.05) is 41.3 Å². The lowest BCUT2D eigenvalue weighted by molar-refractivity contribution is -0.209. The van der Waals surface area contributed by atoms with Crippen molar-refractivity contribution in [2.45, 2.75) is 62.7 Å². The van der Waals surface area contributed by atoms with Crippen molar-refractivity contribution in [3.05, 3.63) is 64.7 Å². The number of terminal acetylenes is 2. The minimum Gasteiger partial charge on any atom is -0.493 e. The van der Waals surface area contributed by atoms with Crippen LogP contribution in [0.15, 0.2) is 42.5 Å². The summed E-state index contributed by atoms with van der Waals surface area (Å²) in [6, 6.07) is 12.7. The highest BCUT2D eigenvalue weighted by atomic mass is 32.1. The number of ether oxygens (including phenoxy) is 2. The molecule has 5 atom stereocenters. The molecule has 2 aromatic carbocycles. The third-order valence-electron chi connectivity index (χ3n) is 9.14. The fraction of sp³-hybridized carbons (Fsp3) is 0.487. The highest BCUT2D eigenvalue weighted by Gasteiger charge is 2.44. The van der Waals surface area contributed by atoms with E-state index in [1.54, 1.807) is 56.3 Å². The largest absolute Gasteiger partial charge is 0.493 e. The third-order valence-corrected chi connectivity index (χ3v) is 9.60. The molecule has 13 heteroatoms. The summed E-state index contributed by atoms with van der Waals surface area (Å²) < 4.78 is 11.7. The van der Waals surface area contributed by atoms with E-state index in [0.29, 0.717) is 49.5 Å². The minimum atomic E-state index is -1.41. The van der Waals surface area contributed by atoms with Crippen LogP contribution in [0.5, 0.6) is 5.75 Å². The number of carbonyl (C=O) groups is 3. The number of benzene rings is 2. The number of nitrogens with zero attached hydrogens (tertiary/aromatic N) is 3. The first-order valence-corrected chi connectivity index (χ1v) is 18.3. The first kappa shape index (κ1) is 40.3. The maximum absolute atomic E-state index is 13.3. The van der Waals surface area contributed by atoms with Gasteiger partial charge in [0.1, 0.15) is 41.8 Å². The number of hydrogen-bond acceptors (Lipinski definition) is 9. The molecule has 0 radical (unpaired) electrons. The molecule has 52 heavy (non-hydrogen) atoms. The quantitative estimate of drug-likeness (QED) is 0.235. The van der Waals surface area contributed by atoms with Gasteiger partial charge in [0.2, 0.25) is 17.7 Å². The summed E-state index contributed by atoms with van der Waals surface area (Å²) in [5, 5.41) is 37.2. The van der Waals surface area contributed by atoms with Crippen molar-refractivity contribution in [2.75, 3.05) is 59.2 Å². The second-order valence-electron chi connectivity index (χ2n) is 13.4. The lowest BCUT2D eigenvalue weighted by Crippen LogP contribution is -2.60. The molecule has 0 saturated carbocycles. The summed E-state index contributed by atoms with van der Waals surface area (Å²) in [7, 11) is 1.66. The number of aliphatic hydroxyl groups is 3. The van der Waals surface area contributed by atoms with Crippen LogP contribution < -0.4 is 10.1 Å². The molecular formula is C39H48N4O8S. The smallest absolute Gasteiger partial charge is 0.247 e. The Bertz CT molecular complexity index is 1730. The molecule has 3 amide bonds. The molecule has 2 aliphatic rings. The van der Waals surface area contributed by atoms with Gasteiger partial charge in [-0.3, -0.25) is 19.3 Å². The first-order valence-electron chi connectivity index (χ1n) is 17.1. The fourth-order valence-electron chi connectivity index (χ4n) is 6.14. The van der Waals surface area contributed by atoms with Crippen LogP contribution in [0, 0.1) is 29.9 Å². The van der Waals surface area contributed by atoms with E-state index in [4.69, 9.17) is 22.3 Å². The Morgan fingerprint density at radius 2 is 1.73 bits per heavy atom. The van der Waals surface area contributed by atoms with Crippen molar-refractivity contribution in [2.24, 2.45) is 0 Å². The third kappa shape index (κ3) is 10.3. The van der Waals surface area contributed by atoms with Crippen LogP contribution in [-0.2, 0) is 25.5 Å². The number of piperazine rings is 1. The van der Waals surface area contributed by atoms with Crippen molar-refractivity contribution in [1.29, 1.82) is 0 Å². The first-order chi connectivity index (χ1) is 24.8. The van der Waals surface area contributed by atoms with Gasteiger partial charge in [0.15, 0.2) is 0 Å². The molecule has 2 fully saturated rings. The lowest BCUT2D eigenvalue weighted by atomic mass is 9.89. The summed E-state index contributed by atoms with van der Waals surface area (Å²) in [5.41, 5.74) is 1.91. The van der Waals surface area contributed by atoms with Crippen LogP contribution in [0.2, 0.25) is 0 Å². The van der Waals surface area contributed by atoms with Gasteiger partial charge in [-0.25, -0.2) is 0 Å². The topological polar surface area (TPSA) is 152 Å². The molecule has 1 unspecified atom stereocenters. The number of carbonyl (C=O) groups excluding carboxylic acids is 3. The SMILES string of the molecule is C#CCN(C)C(=O)CN1CCN(C(=O)C(C)(C)NC(=O)CCOc2ccc(Cc3cc([C@@H]4OC(C#SC)[C@@H](O)[C@H](O)[C@H]4O)ccc3C#C)cc2)CC1. The van der Waals surface area contributed by atoms with Crippen LogP contribution in [0.25, 0.3) is 0 Å². The molecular weight excluding hydrogens is 685 g/mol. The average molecular weight is 733 g/mol. The van der Waals surface area contributed by atoms with Gasteiger partial charge in [0, 0.05) is 45.0 Å². The Morgan fingerprint density at radius 3 is 2.37 bits per heavy atom. The second-order valence-corrected chi connectivity index (χ2v) is 14.1. The highest BCUT2D eigenvalue weighted by Crippen LogP contribution is 2.34. The standard InChI is InChI=1S/C39H48N4O8S/c1-7-16-41(5)33(45)24-42-17-19-43(20-18-42)38(49)39(3,4)40-32(44)15-21-50-30-13-9-26(10-14-30)22-29-23-28(12-11-27(29)8-2)37-36(48)35(47)34(46)31(51-37)25-52-6/h1-2,9-14,23,31,34-37,46-48H,15-22,24H2,3-6H3,(H,40,44)/t31?,34-,35+,36-,37+/m1/s1. The number of rotatable bonds is 12.